The van der Waals surface area contributed by atoms with Crippen molar-refractivity contribution in [1.29, 1.82) is 0 Å². The van der Waals surface area contributed by atoms with Gasteiger partial charge in [0, 0.05) is 24.3 Å². The maximum absolute atomic E-state index is 11.9. The Morgan fingerprint density at radius 3 is 2.82 bits per heavy atom. The van der Waals surface area contributed by atoms with Gasteiger partial charge in [-0.05, 0) is 18.2 Å². The predicted octanol–water partition coefficient (Wildman–Crippen LogP) is 2.35. The molecule has 0 radical (unpaired) electrons. The molecule has 0 spiro atoms. The second kappa shape index (κ2) is 9.46. The maximum Gasteiger partial charge on any atom is 0.254 e. The van der Waals surface area contributed by atoms with E-state index in [9.17, 15) is 4.79 Å². The second-order valence-corrected chi connectivity index (χ2v) is 5.03. The van der Waals surface area contributed by atoms with Crippen molar-refractivity contribution in [1.82, 2.24) is 20.4 Å². The molecule has 1 aromatic heterocycles. The summed E-state index contributed by atoms with van der Waals surface area (Å²) in [4.78, 5) is 11.9. The Hall–Kier alpha value is -1.56. The normalized spacial score (nSPS) is 10.1. The van der Waals surface area contributed by atoms with Crippen LogP contribution >= 0.6 is 24.0 Å². The van der Waals surface area contributed by atoms with E-state index in [1.165, 1.54) is 0 Å². The molecule has 0 aliphatic heterocycles. The molecule has 0 saturated heterocycles. The summed E-state index contributed by atoms with van der Waals surface area (Å²) in [6.45, 7) is 4.83. The summed E-state index contributed by atoms with van der Waals surface area (Å²) in [5.41, 5.74) is 1.53. The molecule has 0 fully saturated rings. The van der Waals surface area contributed by atoms with E-state index in [-0.39, 0.29) is 18.3 Å². The number of amides is 1. The van der Waals surface area contributed by atoms with Crippen LogP contribution in [0.2, 0.25) is 5.02 Å². The molecule has 1 heterocycles. The van der Waals surface area contributed by atoms with Crippen molar-refractivity contribution < 1.29 is 4.79 Å². The summed E-state index contributed by atoms with van der Waals surface area (Å²) >= 11 is 6.11. The smallest absolute Gasteiger partial charge is 0.254 e. The van der Waals surface area contributed by atoms with Crippen LogP contribution in [0.5, 0.6) is 0 Å². The SMILES string of the molecule is CCNCCNC(=O)c1cnn(Cc2ccccc2Cl)c1.Cl. The molecular formula is C15H20Cl2N4O. The predicted molar refractivity (Wildman–Crippen MR) is 90.9 cm³/mol. The van der Waals surface area contributed by atoms with Gasteiger partial charge in [0.1, 0.15) is 0 Å². The Morgan fingerprint density at radius 2 is 2.09 bits per heavy atom. The Bertz CT molecular complexity index is 601. The molecule has 0 atom stereocenters. The number of benzene rings is 1. The van der Waals surface area contributed by atoms with Crippen molar-refractivity contribution in [2.75, 3.05) is 19.6 Å². The summed E-state index contributed by atoms with van der Waals surface area (Å²) in [6, 6.07) is 7.60. The van der Waals surface area contributed by atoms with Gasteiger partial charge in [0.05, 0.1) is 18.3 Å². The lowest BCUT2D eigenvalue weighted by molar-refractivity contribution is 0.0954. The Balaban J connectivity index is 0.00000242. The van der Waals surface area contributed by atoms with Crippen LogP contribution in [-0.2, 0) is 6.54 Å². The molecule has 2 rings (SSSR count). The number of hydrogen-bond donors (Lipinski definition) is 2. The van der Waals surface area contributed by atoms with Gasteiger partial charge in [-0.1, -0.05) is 36.7 Å². The number of likely N-dealkylation sites (N-methyl/N-ethyl adjacent to an activating group) is 1. The van der Waals surface area contributed by atoms with Crippen LogP contribution in [0.3, 0.4) is 0 Å². The first kappa shape index (κ1) is 18.5. The molecule has 2 aromatic rings. The van der Waals surface area contributed by atoms with Gasteiger partial charge in [-0.2, -0.15) is 5.10 Å². The van der Waals surface area contributed by atoms with E-state index < -0.39 is 0 Å². The zero-order valence-electron chi connectivity index (χ0n) is 12.4. The molecule has 0 aliphatic rings. The number of hydrogen-bond acceptors (Lipinski definition) is 3. The van der Waals surface area contributed by atoms with Crippen molar-refractivity contribution in [2.24, 2.45) is 0 Å². The van der Waals surface area contributed by atoms with E-state index in [2.05, 4.69) is 15.7 Å². The fourth-order valence-corrected chi connectivity index (χ4v) is 2.11. The molecule has 2 N–H and O–H groups in total. The third kappa shape index (κ3) is 5.33. The van der Waals surface area contributed by atoms with Gasteiger partial charge in [-0.25, -0.2) is 0 Å². The molecule has 1 aromatic carbocycles. The van der Waals surface area contributed by atoms with E-state index >= 15 is 0 Å². The van der Waals surface area contributed by atoms with Crippen LogP contribution in [0.15, 0.2) is 36.7 Å². The van der Waals surface area contributed by atoms with Crippen LogP contribution in [0.1, 0.15) is 22.8 Å². The summed E-state index contributed by atoms with van der Waals surface area (Å²) in [5, 5.41) is 10.9. The largest absolute Gasteiger partial charge is 0.351 e. The molecule has 0 aliphatic carbocycles. The van der Waals surface area contributed by atoms with Gasteiger partial charge in [0.2, 0.25) is 0 Å². The molecule has 0 saturated carbocycles. The van der Waals surface area contributed by atoms with Crippen LogP contribution in [0, 0.1) is 0 Å². The van der Waals surface area contributed by atoms with E-state index in [0.717, 1.165) is 18.7 Å². The van der Waals surface area contributed by atoms with Gasteiger partial charge < -0.3 is 10.6 Å². The first-order valence-electron chi connectivity index (χ1n) is 6.95. The van der Waals surface area contributed by atoms with Gasteiger partial charge in [-0.3, -0.25) is 9.48 Å². The Labute approximate surface area is 141 Å². The minimum absolute atomic E-state index is 0. The minimum Gasteiger partial charge on any atom is -0.351 e. The van der Waals surface area contributed by atoms with E-state index in [1.54, 1.807) is 17.1 Å². The first-order chi connectivity index (χ1) is 10.2. The maximum atomic E-state index is 11.9. The van der Waals surface area contributed by atoms with Gasteiger partial charge >= 0.3 is 0 Å². The first-order valence-corrected chi connectivity index (χ1v) is 7.33. The monoisotopic (exact) mass is 342 g/mol. The zero-order chi connectivity index (χ0) is 15.1. The Kier molecular flexibility index (Phi) is 7.95. The fraction of sp³-hybridized carbons (Fsp3) is 0.333. The summed E-state index contributed by atoms with van der Waals surface area (Å²) in [7, 11) is 0. The quantitative estimate of drug-likeness (QED) is 0.759. The van der Waals surface area contributed by atoms with Crippen LogP contribution in [0.4, 0.5) is 0 Å². The van der Waals surface area contributed by atoms with E-state index in [1.807, 2.05) is 31.2 Å². The van der Waals surface area contributed by atoms with Crippen molar-refractivity contribution >= 4 is 29.9 Å². The molecule has 5 nitrogen and oxygen atoms in total. The topological polar surface area (TPSA) is 58.9 Å². The van der Waals surface area contributed by atoms with Crippen molar-refractivity contribution in [2.45, 2.75) is 13.5 Å². The van der Waals surface area contributed by atoms with Crippen molar-refractivity contribution in [3.05, 3.63) is 52.8 Å². The lowest BCUT2D eigenvalue weighted by Crippen LogP contribution is -2.31. The molecule has 120 valence electrons. The van der Waals surface area contributed by atoms with Crippen molar-refractivity contribution in [3.8, 4) is 0 Å². The molecule has 0 bridgehead atoms. The van der Waals surface area contributed by atoms with Gasteiger partial charge in [0.25, 0.3) is 5.91 Å². The molecule has 7 heteroatoms. The number of halogens is 2. The molecule has 0 unspecified atom stereocenters. The number of nitrogens with one attached hydrogen (secondary N) is 2. The average molecular weight is 343 g/mol. The Morgan fingerprint density at radius 1 is 1.32 bits per heavy atom. The highest BCUT2D eigenvalue weighted by Crippen LogP contribution is 2.16. The summed E-state index contributed by atoms with van der Waals surface area (Å²) < 4.78 is 1.71. The lowest BCUT2D eigenvalue weighted by atomic mass is 10.2. The van der Waals surface area contributed by atoms with Gasteiger partial charge in [-0.15, -0.1) is 12.4 Å². The minimum atomic E-state index is -0.113. The zero-order valence-corrected chi connectivity index (χ0v) is 14.0. The van der Waals surface area contributed by atoms with Crippen LogP contribution in [-0.4, -0.2) is 35.3 Å². The highest BCUT2D eigenvalue weighted by molar-refractivity contribution is 6.31. The molecule has 22 heavy (non-hydrogen) atoms. The van der Waals surface area contributed by atoms with E-state index in [4.69, 9.17) is 11.6 Å². The van der Waals surface area contributed by atoms with Gasteiger partial charge in [0.15, 0.2) is 0 Å². The highest BCUT2D eigenvalue weighted by Gasteiger charge is 2.08. The number of carbonyl (C=O) groups excluding carboxylic acids is 1. The van der Waals surface area contributed by atoms with Crippen LogP contribution in [0.25, 0.3) is 0 Å². The standard InChI is InChI=1S/C15H19ClN4O.ClH/c1-2-17-7-8-18-15(21)13-9-19-20(11-13)10-12-5-3-4-6-14(12)16;/h3-6,9,11,17H,2,7-8,10H2,1H3,(H,18,21);1H. The number of aromatic nitrogens is 2. The van der Waals surface area contributed by atoms with Crippen molar-refractivity contribution in [3.63, 3.8) is 0 Å². The lowest BCUT2D eigenvalue weighted by Gasteiger charge is -2.04. The third-order valence-electron chi connectivity index (χ3n) is 3.02. The molecular weight excluding hydrogens is 323 g/mol. The van der Waals surface area contributed by atoms with Crippen LogP contribution < -0.4 is 10.6 Å². The number of nitrogens with zero attached hydrogens (tertiary/aromatic N) is 2. The number of carbonyl (C=O) groups is 1. The average Bonchev–Trinajstić information content (AvgIpc) is 2.94. The van der Waals surface area contributed by atoms with E-state index in [0.29, 0.717) is 23.7 Å². The second-order valence-electron chi connectivity index (χ2n) is 4.63. The number of rotatable bonds is 7. The highest BCUT2D eigenvalue weighted by atomic mass is 35.5. The summed E-state index contributed by atoms with van der Waals surface area (Å²) in [6.07, 6.45) is 3.30. The fourth-order valence-electron chi connectivity index (χ4n) is 1.91. The third-order valence-corrected chi connectivity index (χ3v) is 3.39. The summed E-state index contributed by atoms with van der Waals surface area (Å²) in [5.74, 6) is -0.113. The molecule has 1 amide bonds.